The van der Waals surface area contributed by atoms with Crippen LogP contribution in [0.1, 0.15) is 51.5 Å². The van der Waals surface area contributed by atoms with Gasteiger partial charge in [0.15, 0.2) is 5.76 Å². The molecule has 1 N–H and O–H groups in total. The molecule has 0 saturated carbocycles. The number of furan rings is 1. The Morgan fingerprint density at radius 2 is 1.25 bits per heavy atom. The molecule has 5 aromatic rings. The Morgan fingerprint density at radius 1 is 0.700 bits per heavy atom. The van der Waals surface area contributed by atoms with Gasteiger partial charge in [0, 0.05) is 13.1 Å². The fraction of sp³-hybridized carbons (Fsp3) is 0.171. The van der Waals surface area contributed by atoms with Crippen LogP contribution in [-0.2, 0) is 19.6 Å². The van der Waals surface area contributed by atoms with E-state index < -0.39 is 0 Å². The van der Waals surface area contributed by atoms with Crippen LogP contribution in [0.25, 0.3) is 0 Å². The third-order valence-corrected chi connectivity index (χ3v) is 6.70. The van der Waals surface area contributed by atoms with Gasteiger partial charge in [0.1, 0.15) is 11.5 Å². The highest BCUT2D eigenvalue weighted by atomic mass is 16.5. The van der Waals surface area contributed by atoms with Gasteiger partial charge in [-0.3, -0.25) is 9.69 Å². The average Bonchev–Trinajstić information content (AvgIpc) is 3.47. The molecule has 0 fully saturated rings. The summed E-state index contributed by atoms with van der Waals surface area (Å²) >= 11 is 0. The number of nitrogens with one attached hydrogen (secondary N) is 1. The van der Waals surface area contributed by atoms with E-state index in [4.69, 9.17) is 9.15 Å². The molecule has 1 heterocycles. The molecule has 4 aromatic carbocycles. The minimum Gasteiger partial charge on any atom is -0.494 e. The fourth-order valence-corrected chi connectivity index (χ4v) is 4.78. The summed E-state index contributed by atoms with van der Waals surface area (Å²) < 4.78 is 11.7. The quantitative estimate of drug-likeness (QED) is 0.183. The van der Waals surface area contributed by atoms with Crippen molar-refractivity contribution in [2.24, 2.45) is 0 Å². The zero-order valence-electron chi connectivity index (χ0n) is 22.7. The lowest BCUT2D eigenvalue weighted by Crippen LogP contribution is -2.29. The molecule has 0 atom stereocenters. The highest BCUT2D eigenvalue weighted by molar-refractivity contribution is 5.92. The molecule has 40 heavy (non-hydrogen) atoms. The minimum absolute atomic E-state index is 0.245. The third-order valence-electron chi connectivity index (χ3n) is 6.70. The van der Waals surface area contributed by atoms with Gasteiger partial charge in [-0.05, 0) is 53.4 Å². The molecule has 0 radical (unpaired) electrons. The van der Waals surface area contributed by atoms with Crippen LogP contribution in [0.2, 0.25) is 0 Å². The predicted molar refractivity (Wildman–Crippen MR) is 158 cm³/mol. The van der Waals surface area contributed by atoms with E-state index in [0.29, 0.717) is 18.9 Å². The van der Waals surface area contributed by atoms with Crippen molar-refractivity contribution < 1.29 is 13.9 Å². The summed E-state index contributed by atoms with van der Waals surface area (Å²) in [5.41, 5.74) is 4.42. The lowest BCUT2D eigenvalue weighted by Gasteiger charge is -2.22. The Morgan fingerprint density at radius 3 is 1.82 bits per heavy atom. The van der Waals surface area contributed by atoms with Crippen LogP contribution in [0.5, 0.6) is 5.75 Å². The maximum atomic E-state index is 13.3. The predicted octanol–water partition coefficient (Wildman–Crippen LogP) is 7.40. The SMILES string of the molecule is CCOc1ccc(CN(Cc2ccccc2)Cc2ccc(C(=O)NC(c3ccccc3)c3ccccc3)o2)cc1. The second-order valence-corrected chi connectivity index (χ2v) is 9.70. The molecule has 202 valence electrons. The third kappa shape index (κ3) is 7.28. The number of carbonyl (C=O) groups excluding carboxylic acids is 1. The van der Waals surface area contributed by atoms with Crippen molar-refractivity contribution in [3.8, 4) is 5.75 Å². The first-order valence-electron chi connectivity index (χ1n) is 13.7. The Bertz CT molecular complexity index is 1430. The number of benzene rings is 4. The van der Waals surface area contributed by atoms with Crippen molar-refractivity contribution in [1.29, 1.82) is 0 Å². The first-order valence-corrected chi connectivity index (χ1v) is 13.7. The molecule has 5 nitrogen and oxygen atoms in total. The number of rotatable bonds is 12. The van der Waals surface area contributed by atoms with Crippen molar-refractivity contribution in [1.82, 2.24) is 10.2 Å². The van der Waals surface area contributed by atoms with Crippen LogP contribution >= 0.6 is 0 Å². The number of hydrogen-bond donors (Lipinski definition) is 1. The van der Waals surface area contributed by atoms with Crippen molar-refractivity contribution in [3.05, 3.63) is 161 Å². The monoisotopic (exact) mass is 530 g/mol. The maximum Gasteiger partial charge on any atom is 0.287 e. The number of hydrogen-bond acceptors (Lipinski definition) is 4. The average molecular weight is 531 g/mol. The van der Waals surface area contributed by atoms with Gasteiger partial charge in [0.25, 0.3) is 5.91 Å². The summed E-state index contributed by atoms with van der Waals surface area (Å²) in [6, 6.07) is 41.9. The molecule has 5 heteroatoms. The Labute approximate surface area is 236 Å². The van der Waals surface area contributed by atoms with Gasteiger partial charge in [-0.25, -0.2) is 0 Å². The molecule has 0 unspecified atom stereocenters. The minimum atomic E-state index is -0.280. The molecule has 1 amide bonds. The van der Waals surface area contributed by atoms with Gasteiger partial charge in [-0.1, -0.05) is 103 Å². The lowest BCUT2D eigenvalue weighted by molar-refractivity contribution is 0.0910. The normalized spacial score (nSPS) is 11.1. The fourth-order valence-electron chi connectivity index (χ4n) is 4.78. The summed E-state index contributed by atoms with van der Waals surface area (Å²) in [5.74, 6) is 1.66. The first-order chi connectivity index (χ1) is 19.7. The second-order valence-electron chi connectivity index (χ2n) is 9.70. The van der Waals surface area contributed by atoms with Crippen LogP contribution in [0.4, 0.5) is 0 Å². The Kier molecular flexibility index (Phi) is 9.07. The number of nitrogens with zero attached hydrogens (tertiary/aromatic N) is 1. The molecule has 0 aliphatic carbocycles. The summed E-state index contributed by atoms with van der Waals surface area (Å²) in [5, 5.41) is 3.17. The second kappa shape index (κ2) is 13.5. The largest absolute Gasteiger partial charge is 0.494 e. The van der Waals surface area contributed by atoms with Crippen molar-refractivity contribution >= 4 is 5.91 Å². The first kappa shape index (κ1) is 27.0. The highest BCUT2D eigenvalue weighted by Gasteiger charge is 2.20. The van der Waals surface area contributed by atoms with E-state index in [1.165, 1.54) is 11.1 Å². The number of carbonyl (C=O) groups is 1. The molecule has 0 aliphatic rings. The number of amides is 1. The van der Waals surface area contributed by atoms with E-state index in [2.05, 4.69) is 46.6 Å². The van der Waals surface area contributed by atoms with Gasteiger partial charge in [0.2, 0.25) is 0 Å². The molecular weight excluding hydrogens is 496 g/mol. The summed E-state index contributed by atoms with van der Waals surface area (Å²) in [7, 11) is 0. The molecule has 5 rings (SSSR count). The van der Waals surface area contributed by atoms with E-state index in [-0.39, 0.29) is 11.9 Å². The maximum absolute atomic E-state index is 13.3. The van der Waals surface area contributed by atoms with Crippen molar-refractivity contribution in [2.75, 3.05) is 6.61 Å². The number of ether oxygens (including phenoxy) is 1. The van der Waals surface area contributed by atoms with Crippen LogP contribution < -0.4 is 10.1 Å². The van der Waals surface area contributed by atoms with Gasteiger partial charge in [0.05, 0.1) is 19.2 Å². The van der Waals surface area contributed by atoms with Crippen molar-refractivity contribution in [3.63, 3.8) is 0 Å². The Balaban J connectivity index is 1.31. The highest BCUT2D eigenvalue weighted by Crippen LogP contribution is 2.23. The van der Waals surface area contributed by atoms with Crippen LogP contribution in [0.15, 0.2) is 132 Å². The summed E-state index contributed by atoms with van der Waals surface area (Å²) in [6.07, 6.45) is 0. The van der Waals surface area contributed by atoms with Crippen molar-refractivity contribution in [2.45, 2.75) is 32.6 Å². The smallest absolute Gasteiger partial charge is 0.287 e. The molecule has 0 spiro atoms. The summed E-state index contributed by atoms with van der Waals surface area (Å²) in [4.78, 5) is 15.6. The van der Waals surface area contributed by atoms with Gasteiger partial charge < -0.3 is 14.5 Å². The van der Waals surface area contributed by atoms with E-state index in [0.717, 1.165) is 35.7 Å². The van der Waals surface area contributed by atoms with E-state index in [1.54, 1.807) is 6.07 Å². The molecule has 1 aromatic heterocycles. The van der Waals surface area contributed by atoms with Crippen LogP contribution in [-0.4, -0.2) is 17.4 Å². The van der Waals surface area contributed by atoms with E-state index >= 15 is 0 Å². The zero-order valence-corrected chi connectivity index (χ0v) is 22.7. The molecule has 0 bridgehead atoms. The van der Waals surface area contributed by atoms with E-state index in [1.807, 2.05) is 91.9 Å². The summed E-state index contributed by atoms with van der Waals surface area (Å²) in [6.45, 7) is 4.67. The zero-order chi connectivity index (χ0) is 27.6. The Hall–Kier alpha value is -4.61. The molecule has 0 saturated heterocycles. The standard InChI is InChI=1S/C35H34N2O3/c1-2-39-31-20-18-28(19-21-31)25-37(24-27-12-6-3-7-13-27)26-32-22-23-33(40-32)35(38)36-34(29-14-8-4-9-15-29)30-16-10-5-11-17-30/h3-23,34H,2,24-26H2,1H3,(H,36,38). The molecular formula is C35H34N2O3. The molecule has 0 aliphatic heterocycles. The van der Waals surface area contributed by atoms with Gasteiger partial charge in [-0.2, -0.15) is 0 Å². The van der Waals surface area contributed by atoms with E-state index in [9.17, 15) is 4.79 Å². The van der Waals surface area contributed by atoms with Gasteiger partial charge in [-0.15, -0.1) is 0 Å². The van der Waals surface area contributed by atoms with Crippen LogP contribution in [0, 0.1) is 0 Å². The van der Waals surface area contributed by atoms with Gasteiger partial charge >= 0.3 is 0 Å². The topological polar surface area (TPSA) is 54.7 Å². The van der Waals surface area contributed by atoms with Crippen LogP contribution in [0.3, 0.4) is 0 Å². The lowest BCUT2D eigenvalue weighted by atomic mass is 9.98.